The van der Waals surface area contributed by atoms with Crippen molar-refractivity contribution < 1.29 is 19.5 Å². The van der Waals surface area contributed by atoms with Crippen LogP contribution >= 0.6 is 11.6 Å². The normalized spacial score (nSPS) is 14.4. The Balaban J connectivity index is 2.69. The van der Waals surface area contributed by atoms with Gasteiger partial charge in [-0.1, -0.05) is 11.6 Å². The largest absolute Gasteiger partial charge is 0.478 e. The van der Waals surface area contributed by atoms with Crippen molar-refractivity contribution in [1.82, 2.24) is 0 Å². The highest BCUT2D eigenvalue weighted by molar-refractivity contribution is 6.56. The molecule has 0 heterocycles. The Hall–Kier alpha value is -1.94. The van der Waals surface area contributed by atoms with Crippen molar-refractivity contribution in [2.75, 3.05) is 0 Å². The van der Waals surface area contributed by atoms with Crippen LogP contribution in [0.25, 0.3) is 6.08 Å². The van der Waals surface area contributed by atoms with E-state index in [4.69, 9.17) is 16.7 Å². The average molecular weight is 237 g/mol. The molecule has 0 fully saturated rings. The number of rotatable bonds is 1. The molecule has 0 radical (unpaired) electrons. The Morgan fingerprint density at radius 2 is 1.88 bits per heavy atom. The molecule has 16 heavy (non-hydrogen) atoms. The smallest absolute Gasteiger partial charge is 0.339 e. The van der Waals surface area contributed by atoms with E-state index >= 15 is 0 Å². The molecule has 1 aliphatic rings. The lowest BCUT2D eigenvalue weighted by Crippen LogP contribution is -2.25. The predicted octanol–water partition coefficient (Wildman–Crippen LogP) is 1.57. The molecule has 1 aromatic rings. The number of carbonyl (C=O) groups excluding carboxylic acids is 2. The van der Waals surface area contributed by atoms with E-state index in [2.05, 4.69) is 0 Å². The van der Waals surface area contributed by atoms with Crippen LogP contribution in [-0.2, 0) is 9.59 Å². The quantitative estimate of drug-likeness (QED) is 0.594. The van der Waals surface area contributed by atoms with Crippen LogP contribution in [0.1, 0.15) is 15.9 Å². The van der Waals surface area contributed by atoms with Crippen LogP contribution in [0.3, 0.4) is 0 Å². The Kier molecular flexibility index (Phi) is 2.36. The highest BCUT2D eigenvalue weighted by Gasteiger charge is 2.31. The first kappa shape index (κ1) is 10.6. The van der Waals surface area contributed by atoms with Gasteiger partial charge in [0.25, 0.3) is 0 Å². The van der Waals surface area contributed by atoms with Gasteiger partial charge in [0.1, 0.15) is 5.57 Å². The number of hydrogen-bond acceptors (Lipinski definition) is 3. The van der Waals surface area contributed by atoms with Crippen LogP contribution in [0.2, 0.25) is 5.02 Å². The summed E-state index contributed by atoms with van der Waals surface area (Å²) in [6.45, 7) is 0. The van der Waals surface area contributed by atoms with E-state index in [0.717, 1.165) is 6.08 Å². The predicted molar refractivity (Wildman–Crippen MR) is 56.4 cm³/mol. The summed E-state index contributed by atoms with van der Waals surface area (Å²) in [5, 5.41) is 9.12. The molecule has 0 aliphatic heterocycles. The monoisotopic (exact) mass is 236 g/mol. The highest BCUT2D eigenvalue weighted by atomic mass is 35.5. The topological polar surface area (TPSA) is 71.4 Å². The van der Waals surface area contributed by atoms with Gasteiger partial charge >= 0.3 is 5.97 Å². The van der Waals surface area contributed by atoms with Crippen molar-refractivity contribution in [3.05, 3.63) is 39.9 Å². The van der Waals surface area contributed by atoms with Gasteiger partial charge in [-0.2, -0.15) is 0 Å². The van der Waals surface area contributed by atoms with Gasteiger partial charge in [0.15, 0.2) is 0 Å². The molecule has 5 heteroatoms. The first-order valence-electron chi connectivity index (χ1n) is 4.34. The lowest BCUT2D eigenvalue weighted by molar-refractivity contribution is -0.134. The number of carbonyl (C=O) groups is 3. The summed E-state index contributed by atoms with van der Waals surface area (Å²) >= 11 is 5.72. The Morgan fingerprint density at radius 3 is 2.50 bits per heavy atom. The van der Waals surface area contributed by atoms with E-state index in [1.807, 2.05) is 0 Å². The van der Waals surface area contributed by atoms with Gasteiger partial charge in [0.05, 0.1) is 0 Å². The maximum atomic E-state index is 11.5. The van der Waals surface area contributed by atoms with Crippen molar-refractivity contribution >= 4 is 35.2 Å². The second-order valence-electron chi connectivity index (χ2n) is 3.25. The van der Waals surface area contributed by atoms with Gasteiger partial charge in [0, 0.05) is 10.6 Å². The van der Waals surface area contributed by atoms with Gasteiger partial charge in [-0.15, -0.1) is 0 Å². The number of hydrogen-bond donors (Lipinski definition) is 1. The number of Topliss-reactive ketones (excluding diaryl/α,β-unsaturated/α-hetero) is 2. The molecule has 0 saturated heterocycles. The molecular weight excluding hydrogens is 232 g/mol. The fourth-order valence-electron chi connectivity index (χ4n) is 1.48. The molecule has 2 rings (SSSR count). The number of fused-ring (bicyclic) bond motifs is 1. The molecule has 0 bridgehead atoms. The van der Waals surface area contributed by atoms with Crippen molar-refractivity contribution in [3.63, 3.8) is 0 Å². The van der Waals surface area contributed by atoms with Crippen LogP contribution < -0.4 is 0 Å². The lowest BCUT2D eigenvalue weighted by Gasteiger charge is -2.11. The van der Waals surface area contributed by atoms with Crippen LogP contribution in [0, 0.1) is 0 Å². The van der Waals surface area contributed by atoms with Gasteiger partial charge in [-0.3, -0.25) is 9.59 Å². The molecule has 0 saturated carbocycles. The summed E-state index contributed by atoms with van der Waals surface area (Å²) in [4.78, 5) is 33.7. The molecule has 0 unspecified atom stereocenters. The van der Waals surface area contributed by atoms with Gasteiger partial charge in [0.2, 0.25) is 11.6 Å². The van der Waals surface area contributed by atoms with Gasteiger partial charge in [-0.05, 0) is 29.8 Å². The van der Waals surface area contributed by atoms with Crippen molar-refractivity contribution in [2.45, 2.75) is 0 Å². The van der Waals surface area contributed by atoms with Crippen molar-refractivity contribution in [1.29, 1.82) is 0 Å². The van der Waals surface area contributed by atoms with Crippen LogP contribution in [0.5, 0.6) is 0 Å². The van der Waals surface area contributed by atoms with E-state index in [9.17, 15) is 14.4 Å². The molecule has 1 aromatic carbocycles. The Bertz CT molecular complexity index is 557. The average Bonchev–Trinajstić information content (AvgIpc) is 2.22. The zero-order chi connectivity index (χ0) is 11.9. The van der Waals surface area contributed by atoms with E-state index in [0.29, 0.717) is 10.6 Å². The van der Waals surface area contributed by atoms with E-state index in [1.54, 1.807) is 0 Å². The first-order chi connectivity index (χ1) is 7.50. The summed E-state index contributed by atoms with van der Waals surface area (Å²) in [6, 6.07) is 4.34. The van der Waals surface area contributed by atoms with Gasteiger partial charge in [-0.25, -0.2) is 4.79 Å². The summed E-state index contributed by atoms with van der Waals surface area (Å²) in [6.07, 6.45) is 1.16. The maximum Gasteiger partial charge on any atom is 0.339 e. The standard InChI is InChI=1S/C11H5ClO4/c12-6-1-2-7-5(3-6)4-8(11(15)16)10(14)9(7)13/h1-4H,(H,15,16). The minimum atomic E-state index is -1.41. The Labute approximate surface area is 95.1 Å². The number of benzene rings is 1. The second-order valence-corrected chi connectivity index (χ2v) is 3.69. The summed E-state index contributed by atoms with van der Waals surface area (Å²) in [7, 11) is 0. The molecule has 0 amide bonds. The van der Waals surface area contributed by atoms with E-state index in [-0.39, 0.29) is 5.56 Å². The maximum absolute atomic E-state index is 11.5. The summed E-state index contributed by atoms with van der Waals surface area (Å²) < 4.78 is 0. The number of ketones is 2. The molecule has 80 valence electrons. The molecule has 0 atom stereocenters. The van der Waals surface area contributed by atoms with Crippen molar-refractivity contribution in [2.24, 2.45) is 0 Å². The molecule has 1 N–H and O–H groups in total. The van der Waals surface area contributed by atoms with Gasteiger partial charge < -0.3 is 5.11 Å². The van der Waals surface area contributed by atoms with Crippen LogP contribution in [0.15, 0.2) is 23.8 Å². The summed E-state index contributed by atoms with van der Waals surface area (Å²) in [5.74, 6) is -3.22. The SMILES string of the molecule is O=C(O)C1=Cc2cc(Cl)ccc2C(=O)C1=O. The van der Waals surface area contributed by atoms with E-state index in [1.165, 1.54) is 18.2 Å². The third-order valence-electron chi connectivity index (χ3n) is 2.24. The lowest BCUT2D eigenvalue weighted by atomic mass is 9.90. The third kappa shape index (κ3) is 1.53. The summed E-state index contributed by atoms with van der Waals surface area (Å²) in [5.41, 5.74) is 0.00802. The highest BCUT2D eigenvalue weighted by Crippen LogP contribution is 2.24. The number of aliphatic carboxylic acids is 1. The number of halogens is 1. The minimum Gasteiger partial charge on any atom is -0.478 e. The third-order valence-corrected chi connectivity index (χ3v) is 2.47. The fourth-order valence-corrected chi connectivity index (χ4v) is 1.66. The second kappa shape index (κ2) is 3.57. The molecule has 0 aromatic heterocycles. The zero-order valence-corrected chi connectivity index (χ0v) is 8.62. The van der Waals surface area contributed by atoms with Crippen LogP contribution in [-0.4, -0.2) is 22.6 Å². The first-order valence-corrected chi connectivity index (χ1v) is 4.72. The van der Waals surface area contributed by atoms with Crippen LogP contribution in [0.4, 0.5) is 0 Å². The molecule has 4 nitrogen and oxygen atoms in total. The zero-order valence-electron chi connectivity index (χ0n) is 7.86. The fraction of sp³-hybridized carbons (Fsp3) is 0. The number of carboxylic acids is 1. The molecule has 0 spiro atoms. The Morgan fingerprint density at radius 1 is 1.19 bits per heavy atom. The number of carboxylic acid groups (broad SMARTS) is 1. The molecular formula is C11H5ClO4. The molecule has 1 aliphatic carbocycles. The van der Waals surface area contributed by atoms with Crippen molar-refractivity contribution in [3.8, 4) is 0 Å². The van der Waals surface area contributed by atoms with E-state index < -0.39 is 23.1 Å². The minimum absolute atomic E-state index is 0.180.